The number of nitrogens with zero attached hydrogens (tertiary/aromatic N) is 2. The molecule has 0 aliphatic heterocycles. The summed E-state index contributed by atoms with van der Waals surface area (Å²) in [6.07, 6.45) is 1.50. The second-order valence-electron chi connectivity index (χ2n) is 4.97. The molecule has 0 aliphatic rings. The number of nitrogens with one attached hydrogen (secondary N) is 1. The molecule has 2 aromatic rings. The Balaban J connectivity index is 2.39. The lowest BCUT2D eigenvalue weighted by atomic mass is 10.2. The van der Waals surface area contributed by atoms with Crippen LogP contribution in [0.15, 0.2) is 29.3 Å². The molecule has 0 radical (unpaired) electrons. The Hall–Kier alpha value is -1.44. The number of likely N-dealkylation sites (N-methyl/N-ethyl adjacent to an activating group) is 1. The van der Waals surface area contributed by atoms with Gasteiger partial charge in [0.15, 0.2) is 0 Å². The minimum atomic E-state index is -3.64. The van der Waals surface area contributed by atoms with Gasteiger partial charge in [0.25, 0.3) is 0 Å². The third-order valence-electron chi connectivity index (χ3n) is 3.06. The van der Waals surface area contributed by atoms with Crippen LogP contribution in [0.25, 0.3) is 10.9 Å². The molecule has 0 saturated carbocycles. The van der Waals surface area contributed by atoms with E-state index in [1.54, 1.807) is 17.7 Å². The van der Waals surface area contributed by atoms with E-state index in [0.29, 0.717) is 24.0 Å². The van der Waals surface area contributed by atoms with Gasteiger partial charge in [0.05, 0.1) is 0 Å². The fourth-order valence-corrected chi connectivity index (χ4v) is 3.29. The standard InChI is InChI=1S/C13H18FN3O2S/c1-16(2)7-6-15-20(18,19)13-9-17(3)12-5-4-10(14)8-11(12)13/h4-5,8-9,15H,6-7H2,1-3H3. The van der Waals surface area contributed by atoms with Crippen molar-refractivity contribution in [1.29, 1.82) is 0 Å². The van der Waals surface area contributed by atoms with Crippen LogP contribution in [0.4, 0.5) is 4.39 Å². The molecule has 20 heavy (non-hydrogen) atoms. The summed E-state index contributed by atoms with van der Waals surface area (Å²) >= 11 is 0. The Morgan fingerprint density at radius 1 is 1.35 bits per heavy atom. The van der Waals surface area contributed by atoms with Crippen LogP contribution in [0.3, 0.4) is 0 Å². The van der Waals surface area contributed by atoms with Crippen LogP contribution in [0.2, 0.25) is 0 Å². The summed E-state index contributed by atoms with van der Waals surface area (Å²) in [7, 11) is 1.82. The van der Waals surface area contributed by atoms with Crippen LogP contribution in [0, 0.1) is 5.82 Å². The molecule has 110 valence electrons. The molecule has 1 aromatic carbocycles. The molecule has 0 fully saturated rings. The van der Waals surface area contributed by atoms with Gasteiger partial charge in [-0.05, 0) is 32.3 Å². The van der Waals surface area contributed by atoms with Gasteiger partial charge in [-0.2, -0.15) is 0 Å². The van der Waals surface area contributed by atoms with Crippen molar-refractivity contribution in [2.75, 3.05) is 27.2 Å². The van der Waals surface area contributed by atoms with Gasteiger partial charge in [-0.15, -0.1) is 0 Å². The molecule has 7 heteroatoms. The summed E-state index contributed by atoms with van der Waals surface area (Å²) in [5, 5.41) is 0.393. The molecule has 1 heterocycles. The minimum Gasteiger partial charge on any atom is -0.349 e. The minimum absolute atomic E-state index is 0.105. The summed E-state index contributed by atoms with van der Waals surface area (Å²) in [4.78, 5) is 1.99. The van der Waals surface area contributed by atoms with E-state index in [1.807, 2.05) is 19.0 Å². The van der Waals surface area contributed by atoms with Crippen molar-refractivity contribution in [2.45, 2.75) is 4.90 Å². The predicted molar refractivity (Wildman–Crippen MR) is 76.6 cm³/mol. The molecule has 0 unspecified atom stereocenters. The van der Waals surface area contributed by atoms with Crippen molar-refractivity contribution >= 4 is 20.9 Å². The van der Waals surface area contributed by atoms with E-state index in [0.717, 1.165) is 0 Å². The summed E-state index contributed by atoms with van der Waals surface area (Å²) < 4.78 is 42.1. The van der Waals surface area contributed by atoms with Gasteiger partial charge in [-0.1, -0.05) is 0 Å². The van der Waals surface area contributed by atoms with Gasteiger partial charge in [0.1, 0.15) is 10.7 Å². The van der Waals surface area contributed by atoms with E-state index >= 15 is 0 Å². The predicted octanol–water partition coefficient (Wildman–Crippen LogP) is 1.16. The maximum Gasteiger partial charge on any atom is 0.242 e. The lowest BCUT2D eigenvalue weighted by Crippen LogP contribution is -2.31. The van der Waals surface area contributed by atoms with Gasteiger partial charge in [0, 0.05) is 37.2 Å². The molecule has 0 saturated heterocycles. The summed E-state index contributed by atoms with van der Waals surface area (Å²) in [5.74, 6) is -0.451. The maximum atomic E-state index is 13.3. The zero-order valence-corrected chi connectivity index (χ0v) is 12.5. The van der Waals surface area contributed by atoms with Crippen LogP contribution in [0.5, 0.6) is 0 Å². The molecule has 2 rings (SSSR count). The van der Waals surface area contributed by atoms with Crippen molar-refractivity contribution in [3.05, 3.63) is 30.2 Å². The smallest absolute Gasteiger partial charge is 0.242 e. The van der Waals surface area contributed by atoms with Crippen molar-refractivity contribution in [3.8, 4) is 0 Å². The molecule has 1 aromatic heterocycles. The van der Waals surface area contributed by atoms with E-state index in [4.69, 9.17) is 0 Å². The Morgan fingerprint density at radius 3 is 2.70 bits per heavy atom. The average Bonchev–Trinajstić information content (AvgIpc) is 2.66. The molecular weight excluding hydrogens is 281 g/mol. The third-order valence-corrected chi connectivity index (χ3v) is 4.54. The first-order valence-corrected chi connectivity index (χ1v) is 7.68. The molecule has 1 N–H and O–H groups in total. The highest BCUT2D eigenvalue weighted by Crippen LogP contribution is 2.25. The number of aromatic nitrogens is 1. The third kappa shape index (κ3) is 3.00. The number of rotatable bonds is 5. The van der Waals surface area contributed by atoms with Crippen LogP contribution in [-0.2, 0) is 17.1 Å². The Bertz CT molecular complexity index is 723. The van der Waals surface area contributed by atoms with Crippen molar-refractivity contribution in [1.82, 2.24) is 14.2 Å². The van der Waals surface area contributed by atoms with Gasteiger partial charge in [-0.25, -0.2) is 17.5 Å². The monoisotopic (exact) mass is 299 g/mol. The number of benzene rings is 1. The Labute approximate surface area is 118 Å². The summed E-state index contributed by atoms with van der Waals surface area (Å²) in [5.41, 5.74) is 0.680. The van der Waals surface area contributed by atoms with Crippen LogP contribution < -0.4 is 4.72 Å². The number of fused-ring (bicyclic) bond motifs is 1. The fourth-order valence-electron chi connectivity index (χ4n) is 2.02. The molecule has 0 bridgehead atoms. The number of hydrogen-bond acceptors (Lipinski definition) is 3. The second kappa shape index (κ2) is 5.51. The highest BCUT2D eigenvalue weighted by atomic mass is 32.2. The quantitative estimate of drug-likeness (QED) is 0.901. The first-order chi connectivity index (χ1) is 9.31. The van der Waals surface area contributed by atoms with E-state index < -0.39 is 15.8 Å². The Kier molecular flexibility index (Phi) is 4.12. The highest BCUT2D eigenvalue weighted by Gasteiger charge is 2.20. The fraction of sp³-hybridized carbons (Fsp3) is 0.385. The number of aryl methyl sites for hydroxylation is 1. The molecule has 0 atom stereocenters. The van der Waals surface area contributed by atoms with Crippen molar-refractivity contribution in [3.63, 3.8) is 0 Å². The van der Waals surface area contributed by atoms with Gasteiger partial charge < -0.3 is 9.47 Å². The average molecular weight is 299 g/mol. The number of sulfonamides is 1. The van der Waals surface area contributed by atoms with Gasteiger partial charge in [0.2, 0.25) is 10.0 Å². The molecule has 0 spiro atoms. The van der Waals surface area contributed by atoms with Gasteiger partial charge >= 0.3 is 0 Å². The SMILES string of the molecule is CN(C)CCNS(=O)(=O)c1cn(C)c2ccc(F)cc12. The van der Waals surface area contributed by atoms with Crippen LogP contribution in [0.1, 0.15) is 0 Å². The molecule has 0 amide bonds. The van der Waals surface area contributed by atoms with Crippen molar-refractivity contribution < 1.29 is 12.8 Å². The van der Waals surface area contributed by atoms with Crippen LogP contribution >= 0.6 is 0 Å². The first kappa shape index (κ1) is 15.0. The highest BCUT2D eigenvalue weighted by molar-refractivity contribution is 7.89. The number of hydrogen-bond donors (Lipinski definition) is 1. The van der Waals surface area contributed by atoms with E-state index in [9.17, 15) is 12.8 Å². The van der Waals surface area contributed by atoms with E-state index in [1.165, 1.54) is 18.3 Å². The topological polar surface area (TPSA) is 54.3 Å². The van der Waals surface area contributed by atoms with Gasteiger partial charge in [-0.3, -0.25) is 0 Å². The largest absolute Gasteiger partial charge is 0.349 e. The van der Waals surface area contributed by atoms with Crippen LogP contribution in [-0.4, -0.2) is 45.1 Å². The molecule has 0 aliphatic carbocycles. The lowest BCUT2D eigenvalue weighted by molar-refractivity contribution is 0.412. The van der Waals surface area contributed by atoms with E-state index in [-0.39, 0.29) is 4.90 Å². The number of halogens is 1. The zero-order chi connectivity index (χ0) is 14.9. The van der Waals surface area contributed by atoms with Crippen molar-refractivity contribution in [2.24, 2.45) is 7.05 Å². The summed E-state index contributed by atoms with van der Waals surface area (Å²) in [6, 6.07) is 4.14. The normalized spacial score (nSPS) is 12.4. The first-order valence-electron chi connectivity index (χ1n) is 6.20. The summed E-state index contributed by atoms with van der Waals surface area (Å²) in [6.45, 7) is 0.902. The Morgan fingerprint density at radius 2 is 2.05 bits per heavy atom. The maximum absolute atomic E-state index is 13.3. The molecule has 5 nitrogen and oxygen atoms in total. The molecular formula is C13H18FN3O2S. The zero-order valence-electron chi connectivity index (χ0n) is 11.7. The van der Waals surface area contributed by atoms with E-state index in [2.05, 4.69) is 4.72 Å². The lowest BCUT2D eigenvalue weighted by Gasteiger charge is -2.10. The second-order valence-corrected chi connectivity index (χ2v) is 6.70.